The Morgan fingerprint density at radius 2 is 1.89 bits per heavy atom. The number of carbonyl (C=O) groups excluding carboxylic acids is 1. The summed E-state index contributed by atoms with van der Waals surface area (Å²) in [4.78, 5) is 23.3. The summed E-state index contributed by atoms with van der Waals surface area (Å²) in [6.45, 7) is 0.102. The van der Waals surface area contributed by atoms with Crippen LogP contribution in [-0.4, -0.2) is 42.9 Å². The summed E-state index contributed by atoms with van der Waals surface area (Å²) in [5.41, 5.74) is 1.23. The first kappa shape index (κ1) is 18.5. The molecule has 0 aliphatic heterocycles. The van der Waals surface area contributed by atoms with Gasteiger partial charge in [-0.15, -0.1) is 5.10 Å². The summed E-state index contributed by atoms with van der Waals surface area (Å²) in [5.74, 6) is -1.68. The van der Waals surface area contributed by atoms with E-state index in [1.165, 1.54) is 35.0 Å². The molecule has 3 rings (SSSR count). The lowest BCUT2D eigenvalue weighted by Gasteiger charge is -2.08. The summed E-state index contributed by atoms with van der Waals surface area (Å²) in [5, 5.41) is 23.5. The molecule has 0 aliphatic carbocycles. The van der Waals surface area contributed by atoms with Gasteiger partial charge in [0.15, 0.2) is 0 Å². The first-order valence-corrected chi connectivity index (χ1v) is 8.78. The molecule has 0 radical (unpaired) electrons. The number of hydrogen-bond acceptors (Lipinski definition) is 6. The highest BCUT2D eigenvalue weighted by Gasteiger charge is 2.13. The highest BCUT2D eigenvalue weighted by Crippen LogP contribution is 2.18. The van der Waals surface area contributed by atoms with E-state index < -0.39 is 5.97 Å². The summed E-state index contributed by atoms with van der Waals surface area (Å²) in [6, 6.07) is 12.1. The third kappa shape index (κ3) is 4.67. The Hall–Kier alpha value is -3.27. The molecule has 1 aromatic heterocycles. The van der Waals surface area contributed by atoms with E-state index in [1.54, 1.807) is 18.2 Å². The number of aromatic nitrogens is 4. The minimum atomic E-state index is -1.05. The molecule has 27 heavy (non-hydrogen) atoms. The molecule has 138 valence electrons. The molecule has 0 bridgehead atoms. The van der Waals surface area contributed by atoms with Crippen molar-refractivity contribution in [3.05, 3.63) is 65.5 Å². The fourth-order valence-electron chi connectivity index (χ4n) is 2.27. The molecule has 0 spiro atoms. The van der Waals surface area contributed by atoms with Crippen LogP contribution < -0.4 is 5.32 Å². The number of carboxylic acid groups (broad SMARTS) is 1. The standard InChI is InChI=1S/C17H14FN5O3S/c18-12-5-7-13(8-6-12)23-17(20-21-22-23)27-10-15(24)19-9-11-3-1-2-4-14(11)16(25)26/h1-8H,9-10H2,(H,19,24)(H,25,26). The molecule has 8 nitrogen and oxygen atoms in total. The summed E-state index contributed by atoms with van der Waals surface area (Å²) < 4.78 is 14.4. The van der Waals surface area contributed by atoms with Crippen molar-refractivity contribution >= 4 is 23.6 Å². The van der Waals surface area contributed by atoms with E-state index in [-0.39, 0.29) is 29.6 Å². The molecule has 2 N–H and O–H groups in total. The van der Waals surface area contributed by atoms with Crippen LogP contribution in [0.15, 0.2) is 53.7 Å². The Kier molecular flexibility index (Phi) is 5.77. The summed E-state index contributed by atoms with van der Waals surface area (Å²) in [7, 11) is 0. The number of benzene rings is 2. The molecule has 3 aromatic rings. The molecule has 0 aliphatic rings. The van der Waals surface area contributed by atoms with Crippen molar-refractivity contribution in [2.24, 2.45) is 0 Å². The van der Waals surface area contributed by atoms with Gasteiger partial charge in [0.25, 0.3) is 0 Å². The van der Waals surface area contributed by atoms with Crippen molar-refractivity contribution in [3.63, 3.8) is 0 Å². The zero-order valence-corrected chi connectivity index (χ0v) is 14.7. The molecule has 0 fully saturated rings. The monoisotopic (exact) mass is 387 g/mol. The van der Waals surface area contributed by atoms with Crippen LogP contribution in [0, 0.1) is 5.82 Å². The highest BCUT2D eigenvalue weighted by molar-refractivity contribution is 7.99. The fourth-order valence-corrected chi connectivity index (χ4v) is 2.99. The molecule has 2 aromatic carbocycles. The van der Waals surface area contributed by atoms with Crippen LogP contribution in [-0.2, 0) is 11.3 Å². The molecule has 1 amide bonds. The minimum Gasteiger partial charge on any atom is -0.478 e. The van der Waals surface area contributed by atoms with Crippen LogP contribution in [0.5, 0.6) is 0 Å². The van der Waals surface area contributed by atoms with Gasteiger partial charge in [-0.25, -0.2) is 9.18 Å². The lowest BCUT2D eigenvalue weighted by Crippen LogP contribution is -2.25. The average molecular weight is 387 g/mol. The number of amides is 1. The van der Waals surface area contributed by atoms with Crippen molar-refractivity contribution in [2.45, 2.75) is 11.7 Å². The van der Waals surface area contributed by atoms with Crippen molar-refractivity contribution < 1.29 is 19.1 Å². The van der Waals surface area contributed by atoms with Crippen LogP contribution in [0.4, 0.5) is 4.39 Å². The van der Waals surface area contributed by atoms with Gasteiger partial charge in [0.05, 0.1) is 17.0 Å². The Morgan fingerprint density at radius 1 is 1.15 bits per heavy atom. The quantitative estimate of drug-likeness (QED) is 0.596. The topological polar surface area (TPSA) is 110 Å². The van der Waals surface area contributed by atoms with Gasteiger partial charge in [0, 0.05) is 6.54 Å². The number of rotatable bonds is 7. The number of carboxylic acids is 1. The van der Waals surface area contributed by atoms with E-state index in [2.05, 4.69) is 20.8 Å². The maximum atomic E-state index is 13.0. The molecular weight excluding hydrogens is 373 g/mol. The Labute approximate surface area is 157 Å². The smallest absolute Gasteiger partial charge is 0.336 e. The second-order valence-corrected chi connectivity index (χ2v) is 6.32. The Bertz CT molecular complexity index is 961. The van der Waals surface area contributed by atoms with E-state index in [4.69, 9.17) is 5.11 Å². The second-order valence-electron chi connectivity index (χ2n) is 5.38. The second kappa shape index (κ2) is 8.41. The normalized spacial score (nSPS) is 10.6. The van der Waals surface area contributed by atoms with Gasteiger partial charge in [0.2, 0.25) is 11.1 Å². The lowest BCUT2D eigenvalue weighted by molar-refractivity contribution is -0.118. The first-order valence-electron chi connectivity index (χ1n) is 7.79. The number of tetrazole rings is 1. The van der Waals surface area contributed by atoms with Gasteiger partial charge in [0.1, 0.15) is 5.82 Å². The number of carbonyl (C=O) groups is 2. The molecule has 10 heteroatoms. The SMILES string of the molecule is O=C(CSc1nnnn1-c1ccc(F)cc1)NCc1ccccc1C(=O)O. The predicted molar refractivity (Wildman–Crippen MR) is 95.1 cm³/mol. The highest BCUT2D eigenvalue weighted by atomic mass is 32.2. The number of aromatic carboxylic acids is 1. The van der Waals surface area contributed by atoms with Crippen molar-refractivity contribution in [1.29, 1.82) is 0 Å². The van der Waals surface area contributed by atoms with E-state index >= 15 is 0 Å². The van der Waals surface area contributed by atoms with Gasteiger partial charge < -0.3 is 10.4 Å². The number of nitrogens with zero attached hydrogens (tertiary/aromatic N) is 4. The zero-order chi connectivity index (χ0) is 19.2. The van der Waals surface area contributed by atoms with Gasteiger partial charge in [-0.2, -0.15) is 4.68 Å². The lowest BCUT2D eigenvalue weighted by atomic mass is 10.1. The Morgan fingerprint density at radius 3 is 2.63 bits per heavy atom. The van der Waals surface area contributed by atoms with E-state index in [9.17, 15) is 14.0 Å². The number of hydrogen-bond donors (Lipinski definition) is 2. The van der Waals surface area contributed by atoms with Crippen molar-refractivity contribution in [1.82, 2.24) is 25.5 Å². The third-order valence-corrected chi connectivity index (χ3v) is 4.49. The van der Waals surface area contributed by atoms with Gasteiger partial charge in [-0.05, 0) is 46.3 Å². The largest absolute Gasteiger partial charge is 0.478 e. The number of nitrogens with one attached hydrogen (secondary N) is 1. The number of halogens is 1. The molecule has 1 heterocycles. The maximum Gasteiger partial charge on any atom is 0.336 e. The zero-order valence-electron chi connectivity index (χ0n) is 13.9. The van der Waals surface area contributed by atoms with Crippen LogP contribution in [0.3, 0.4) is 0 Å². The van der Waals surface area contributed by atoms with Gasteiger partial charge in [-0.1, -0.05) is 30.0 Å². The van der Waals surface area contributed by atoms with Crippen LogP contribution in [0.25, 0.3) is 5.69 Å². The summed E-state index contributed by atoms with van der Waals surface area (Å²) >= 11 is 1.11. The van der Waals surface area contributed by atoms with Crippen LogP contribution in [0.1, 0.15) is 15.9 Å². The molecule has 0 saturated carbocycles. The van der Waals surface area contributed by atoms with E-state index in [0.29, 0.717) is 16.4 Å². The van der Waals surface area contributed by atoms with Crippen molar-refractivity contribution in [2.75, 3.05) is 5.75 Å². The molecular formula is C17H14FN5O3S. The molecule has 0 saturated heterocycles. The first-order chi connectivity index (χ1) is 13.0. The predicted octanol–water partition coefficient (Wildman–Crippen LogP) is 1.91. The maximum absolute atomic E-state index is 13.0. The third-order valence-electron chi connectivity index (χ3n) is 3.57. The fraction of sp³-hybridized carbons (Fsp3) is 0.118. The minimum absolute atomic E-state index is 0.0385. The van der Waals surface area contributed by atoms with Crippen molar-refractivity contribution in [3.8, 4) is 5.69 Å². The summed E-state index contributed by atoms with van der Waals surface area (Å²) in [6.07, 6.45) is 0. The van der Waals surface area contributed by atoms with Gasteiger partial charge >= 0.3 is 5.97 Å². The van der Waals surface area contributed by atoms with Gasteiger partial charge in [-0.3, -0.25) is 4.79 Å². The number of thioether (sulfide) groups is 1. The molecule has 0 unspecified atom stereocenters. The molecule has 0 atom stereocenters. The van der Waals surface area contributed by atoms with Crippen LogP contribution in [0.2, 0.25) is 0 Å². The average Bonchev–Trinajstić information content (AvgIpc) is 3.14. The van der Waals surface area contributed by atoms with E-state index in [0.717, 1.165) is 11.8 Å². The van der Waals surface area contributed by atoms with E-state index in [1.807, 2.05) is 0 Å². The Balaban J connectivity index is 1.59. The van der Waals surface area contributed by atoms with Crippen LogP contribution >= 0.6 is 11.8 Å².